The van der Waals surface area contributed by atoms with E-state index in [2.05, 4.69) is 10.3 Å². The molecule has 1 aliphatic rings. The Morgan fingerprint density at radius 2 is 2.23 bits per heavy atom. The second-order valence-corrected chi connectivity index (χ2v) is 5.21. The zero-order valence-electron chi connectivity index (χ0n) is 12.3. The van der Waals surface area contributed by atoms with Gasteiger partial charge in [0.05, 0.1) is 12.9 Å². The molecule has 0 saturated carbocycles. The van der Waals surface area contributed by atoms with Crippen molar-refractivity contribution in [1.29, 1.82) is 0 Å². The molecule has 0 radical (unpaired) electrons. The number of hydrogen-bond donors (Lipinski definition) is 1. The molecule has 1 aromatic carbocycles. The molecule has 0 saturated heterocycles. The van der Waals surface area contributed by atoms with Crippen LogP contribution in [-0.4, -0.2) is 34.7 Å². The van der Waals surface area contributed by atoms with E-state index in [0.29, 0.717) is 19.6 Å². The molecule has 0 aliphatic carbocycles. The summed E-state index contributed by atoms with van der Waals surface area (Å²) in [6.07, 6.45) is 6.51. The molecular formula is C16H19N3O3. The fraction of sp³-hybridized carbons (Fsp3) is 0.375. The van der Waals surface area contributed by atoms with Crippen LogP contribution in [0, 0.1) is 0 Å². The molecule has 2 heterocycles. The Bertz CT molecular complexity index is 613. The van der Waals surface area contributed by atoms with Gasteiger partial charge in [-0.3, -0.25) is 4.79 Å². The summed E-state index contributed by atoms with van der Waals surface area (Å²) in [5.41, 5.74) is 0. The number of para-hydroxylation sites is 2. The molecule has 0 unspecified atom stereocenters. The van der Waals surface area contributed by atoms with Crippen molar-refractivity contribution < 1.29 is 14.3 Å². The van der Waals surface area contributed by atoms with E-state index in [1.807, 2.05) is 35.0 Å². The summed E-state index contributed by atoms with van der Waals surface area (Å²) in [4.78, 5) is 15.8. The monoisotopic (exact) mass is 301 g/mol. The van der Waals surface area contributed by atoms with Crippen molar-refractivity contribution in [1.82, 2.24) is 14.9 Å². The number of fused-ring (bicyclic) bond motifs is 1. The maximum absolute atomic E-state index is 11.8. The molecule has 6 nitrogen and oxygen atoms in total. The molecule has 2 aromatic rings. The maximum atomic E-state index is 11.8. The van der Waals surface area contributed by atoms with Crippen molar-refractivity contribution in [3.8, 4) is 11.5 Å². The van der Waals surface area contributed by atoms with E-state index in [0.717, 1.165) is 24.5 Å². The lowest BCUT2D eigenvalue weighted by atomic mass is 10.2. The van der Waals surface area contributed by atoms with E-state index >= 15 is 0 Å². The lowest BCUT2D eigenvalue weighted by Crippen LogP contribution is -2.40. The van der Waals surface area contributed by atoms with Crippen LogP contribution in [0.4, 0.5) is 0 Å². The average Bonchev–Trinajstić information content (AvgIpc) is 3.06. The number of benzene rings is 1. The molecule has 1 atom stereocenters. The summed E-state index contributed by atoms with van der Waals surface area (Å²) in [7, 11) is 0. The van der Waals surface area contributed by atoms with E-state index in [4.69, 9.17) is 9.47 Å². The second kappa shape index (κ2) is 6.98. The molecule has 22 heavy (non-hydrogen) atoms. The SMILES string of the molecule is O=C(CCCn1ccnc1)NC[C@H]1COc2ccccc2O1. The normalized spacial score (nSPS) is 16.3. The number of carbonyl (C=O) groups is 1. The molecule has 3 rings (SSSR count). The lowest BCUT2D eigenvalue weighted by Gasteiger charge is -2.26. The number of amides is 1. The maximum Gasteiger partial charge on any atom is 0.220 e. The number of imidazole rings is 1. The molecular weight excluding hydrogens is 282 g/mol. The van der Waals surface area contributed by atoms with Gasteiger partial charge in [-0.25, -0.2) is 4.98 Å². The van der Waals surface area contributed by atoms with Crippen LogP contribution in [0.25, 0.3) is 0 Å². The van der Waals surface area contributed by atoms with Crippen molar-refractivity contribution >= 4 is 5.91 Å². The topological polar surface area (TPSA) is 65.4 Å². The number of hydrogen-bond acceptors (Lipinski definition) is 4. The van der Waals surface area contributed by atoms with E-state index in [1.165, 1.54) is 0 Å². The number of ether oxygens (including phenoxy) is 2. The number of rotatable bonds is 6. The van der Waals surface area contributed by atoms with Crippen LogP contribution in [-0.2, 0) is 11.3 Å². The van der Waals surface area contributed by atoms with Gasteiger partial charge in [0.25, 0.3) is 0 Å². The van der Waals surface area contributed by atoms with Crippen LogP contribution in [0.2, 0.25) is 0 Å². The van der Waals surface area contributed by atoms with Gasteiger partial charge in [-0.2, -0.15) is 0 Å². The predicted octanol–water partition coefficient (Wildman–Crippen LogP) is 1.62. The van der Waals surface area contributed by atoms with Gasteiger partial charge in [0, 0.05) is 25.4 Å². The highest BCUT2D eigenvalue weighted by Gasteiger charge is 2.20. The minimum atomic E-state index is -0.146. The predicted molar refractivity (Wildman–Crippen MR) is 80.8 cm³/mol. The Morgan fingerprint density at radius 3 is 3.05 bits per heavy atom. The zero-order chi connectivity index (χ0) is 15.2. The first-order valence-electron chi connectivity index (χ1n) is 7.42. The first-order valence-corrected chi connectivity index (χ1v) is 7.42. The van der Waals surface area contributed by atoms with Gasteiger partial charge in [0.2, 0.25) is 5.91 Å². The van der Waals surface area contributed by atoms with E-state index in [-0.39, 0.29) is 12.0 Å². The number of nitrogens with one attached hydrogen (secondary N) is 1. The van der Waals surface area contributed by atoms with Crippen LogP contribution in [0.5, 0.6) is 11.5 Å². The highest BCUT2D eigenvalue weighted by molar-refractivity contribution is 5.75. The summed E-state index contributed by atoms with van der Waals surface area (Å²) in [5.74, 6) is 1.51. The minimum absolute atomic E-state index is 0.0302. The standard InChI is InChI=1S/C16H19N3O3/c20-16(6-3-8-19-9-7-17-12-19)18-10-13-11-21-14-4-1-2-5-15(14)22-13/h1-2,4-5,7,9,12-13H,3,6,8,10-11H2,(H,18,20)/t13-/m0/s1. The molecule has 6 heteroatoms. The fourth-order valence-electron chi connectivity index (χ4n) is 2.32. The third-order valence-electron chi connectivity index (χ3n) is 3.47. The van der Waals surface area contributed by atoms with E-state index in [1.54, 1.807) is 12.5 Å². The number of carbonyl (C=O) groups excluding carboxylic acids is 1. The first kappa shape index (κ1) is 14.4. The average molecular weight is 301 g/mol. The van der Waals surface area contributed by atoms with Crippen molar-refractivity contribution in [2.75, 3.05) is 13.2 Å². The van der Waals surface area contributed by atoms with Gasteiger partial charge < -0.3 is 19.4 Å². The molecule has 1 N–H and O–H groups in total. The highest BCUT2D eigenvalue weighted by Crippen LogP contribution is 2.30. The summed E-state index contributed by atoms with van der Waals surface area (Å²) in [6.45, 7) is 1.70. The summed E-state index contributed by atoms with van der Waals surface area (Å²) >= 11 is 0. The molecule has 116 valence electrons. The van der Waals surface area contributed by atoms with Crippen molar-refractivity contribution in [2.45, 2.75) is 25.5 Å². The fourth-order valence-corrected chi connectivity index (χ4v) is 2.32. The molecule has 1 aromatic heterocycles. The van der Waals surface area contributed by atoms with Crippen LogP contribution >= 0.6 is 0 Å². The smallest absolute Gasteiger partial charge is 0.220 e. The zero-order valence-corrected chi connectivity index (χ0v) is 12.3. The molecule has 0 bridgehead atoms. The van der Waals surface area contributed by atoms with Gasteiger partial charge in [0.1, 0.15) is 12.7 Å². The Kier molecular flexibility index (Phi) is 4.58. The number of aryl methyl sites for hydroxylation is 1. The quantitative estimate of drug-likeness (QED) is 0.880. The van der Waals surface area contributed by atoms with Crippen LogP contribution < -0.4 is 14.8 Å². The van der Waals surface area contributed by atoms with E-state index in [9.17, 15) is 4.79 Å². The molecule has 1 aliphatic heterocycles. The first-order chi connectivity index (χ1) is 10.8. The molecule has 1 amide bonds. The lowest BCUT2D eigenvalue weighted by molar-refractivity contribution is -0.121. The van der Waals surface area contributed by atoms with Gasteiger partial charge in [0.15, 0.2) is 11.5 Å². The summed E-state index contributed by atoms with van der Waals surface area (Å²) < 4.78 is 13.4. The number of nitrogens with zero attached hydrogens (tertiary/aromatic N) is 2. The summed E-state index contributed by atoms with van der Waals surface area (Å²) in [5, 5.41) is 2.89. The van der Waals surface area contributed by atoms with Crippen molar-refractivity contribution in [3.63, 3.8) is 0 Å². The molecule has 0 spiro atoms. The highest BCUT2D eigenvalue weighted by atomic mass is 16.6. The van der Waals surface area contributed by atoms with Crippen LogP contribution in [0.1, 0.15) is 12.8 Å². The van der Waals surface area contributed by atoms with Crippen molar-refractivity contribution in [2.24, 2.45) is 0 Å². The number of aromatic nitrogens is 2. The van der Waals surface area contributed by atoms with Crippen molar-refractivity contribution in [3.05, 3.63) is 43.0 Å². The Hall–Kier alpha value is -2.50. The van der Waals surface area contributed by atoms with E-state index < -0.39 is 0 Å². The largest absolute Gasteiger partial charge is 0.486 e. The van der Waals surface area contributed by atoms with Gasteiger partial charge in [-0.15, -0.1) is 0 Å². The van der Waals surface area contributed by atoms with Gasteiger partial charge in [-0.05, 0) is 18.6 Å². The molecule has 0 fully saturated rings. The second-order valence-electron chi connectivity index (χ2n) is 5.21. The van der Waals surface area contributed by atoms with Gasteiger partial charge >= 0.3 is 0 Å². The minimum Gasteiger partial charge on any atom is -0.486 e. The Balaban J connectivity index is 1.37. The third kappa shape index (κ3) is 3.78. The Morgan fingerprint density at radius 1 is 1.36 bits per heavy atom. The van der Waals surface area contributed by atoms with Crippen LogP contribution in [0.15, 0.2) is 43.0 Å². The van der Waals surface area contributed by atoms with Gasteiger partial charge in [-0.1, -0.05) is 12.1 Å². The van der Waals surface area contributed by atoms with Crippen LogP contribution in [0.3, 0.4) is 0 Å². The Labute approximate surface area is 129 Å². The summed E-state index contributed by atoms with van der Waals surface area (Å²) in [6, 6.07) is 7.55. The third-order valence-corrected chi connectivity index (χ3v) is 3.47.